The highest BCUT2D eigenvalue weighted by molar-refractivity contribution is 7.80. The van der Waals surface area contributed by atoms with Crippen molar-refractivity contribution in [3.63, 3.8) is 0 Å². The monoisotopic (exact) mass is 348 g/mol. The van der Waals surface area contributed by atoms with Gasteiger partial charge in [0.1, 0.15) is 0 Å². The highest BCUT2D eigenvalue weighted by atomic mass is 32.1. The highest BCUT2D eigenvalue weighted by Gasteiger charge is 2.28. The van der Waals surface area contributed by atoms with E-state index in [-0.39, 0.29) is 11.6 Å². The van der Waals surface area contributed by atoms with Crippen molar-refractivity contribution in [1.29, 1.82) is 0 Å². The van der Waals surface area contributed by atoms with Crippen LogP contribution in [0.5, 0.6) is 0 Å². The van der Waals surface area contributed by atoms with Gasteiger partial charge in [0.25, 0.3) is 0 Å². The van der Waals surface area contributed by atoms with E-state index in [9.17, 15) is 0 Å². The van der Waals surface area contributed by atoms with Crippen LogP contribution >= 0.6 is 23.6 Å². The molecular weight excluding hydrogens is 324 g/mol. The summed E-state index contributed by atoms with van der Waals surface area (Å²) in [6, 6.07) is 4.44. The lowest BCUT2D eigenvalue weighted by atomic mass is 9.92. The molecule has 0 fully saturated rings. The Morgan fingerprint density at radius 3 is 3.00 bits per heavy atom. The van der Waals surface area contributed by atoms with Crippen molar-refractivity contribution in [2.75, 3.05) is 0 Å². The molecule has 0 amide bonds. The van der Waals surface area contributed by atoms with Gasteiger partial charge in [0.15, 0.2) is 5.11 Å². The van der Waals surface area contributed by atoms with Crippen LogP contribution in [0.4, 0.5) is 0 Å². The van der Waals surface area contributed by atoms with Crippen LogP contribution in [0.2, 0.25) is 0 Å². The van der Waals surface area contributed by atoms with Crippen molar-refractivity contribution in [1.82, 2.24) is 20.4 Å². The van der Waals surface area contributed by atoms with Gasteiger partial charge in [-0.3, -0.25) is 4.68 Å². The summed E-state index contributed by atoms with van der Waals surface area (Å²) in [4.78, 5) is 1.29. The molecule has 1 aliphatic carbocycles. The van der Waals surface area contributed by atoms with E-state index in [0.717, 1.165) is 24.5 Å². The number of fused-ring (bicyclic) bond motifs is 1. The number of aromatic nitrogens is 2. The minimum absolute atomic E-state index is 0.0212. The van der Waals surface area contributed by atoms with Crippen LogP contribution in [0.25, 0.3) is 0 Å². The summed E-state index contributed by atoms with van der Waals surface area (Å²) in [6.45, 7) is 7.38. The average molecular weight is 349 g/mol. The first kappa shape index (κ1) is 16.5. The zero-order valence-corrected chi connectivity index (χ0v) is 15.6. The van der Waals surface area contributed by atoms with Gasteiger partial charge < -0.3 is 10.6 Å². The van der Waals surface area contributed by atoms with E-state index in [1.54, 1.807) is 11.3 Å². The average Bonchev–Trinajstić information content (AvgIpc) is 3.14. The summed E-state index contributed by atoms with van der Waals surface area (Å²) in [5.41, 5.74) is 2.67. The van der Waals surface area contributed by atoms with E-state index in [0.29, 0.717) is 0 Å². The summed E-state index contributed by atoms with van der Waals surface area (Å²) in [5, 5.41) is 14.2. The molecule has 1 aliphatic rings. The molecule has 6 heteroatoms. The Kier molecular flexibility index (Phi) is 4.73. The second-order valence-electron chi connectivity index (χ2n) is 6.98. The number of nitrogens with zero attached hydrogens (tertiary/aromatic N) is 2. The molecule has 3 rings (SSSR count). The van der Waals surface area contributed by atoms with Gasteiger partial charge in [0.05, 0.1) is 24.3 Å². The first-order valence-electron chi connectivity index (χ1n) is 8.09. The van der Waals surface area contributed by atoms with Gasteiger partial charge in [-0.1, -0.05) is 6.07 Å². The van der Waals surface area contributed by atoms with Gasteiger partial charge in [-0.15, -0.1) is 11.3 Å². The van der Waals surface area contributed by atoms with Crippen molar-refractivity contribution in [3.8, 4) is 0 Å². The van der Waals surface area contributed by atoms with Crippen molar-refractivity contribution in [3.05, 3.63) is 39.8 Å². The fourth-order valence-electron chi connectivity index (χ4n) is 3.07. The molecule has 2 N–H and O–H groups in total. The van der Waals surface area contributed by atoms with E-state index in [2.05, 4.69) is 58.7 Å². The number of rotatable bonds is 3. The van der Waals surface area contributed by atoms with Crippen molar-refractivity contribution >= 4 is 28.7 Å². The molecule has 124 valence electrons. The standard InChI is InChI=1S/C17H24N4S2/c1-17(2,3)21-15-8-4-7-14(13(15)11-19-21)20-16(22)18-10-12-6-5-9-23-12/h5-6,9,11,14H,4,7-8,10H2,1-3H3,(H2,18,20,22)/t14-/m0/s1. The normalized spacial score (nSPS) is 17.6. The highest BCUT2D eigenvalue weighted by Crippen LogP contribution is 2.32. The van der Waals surface area contributed by atoms with E-state index >= 15 is 0 Å². The topological polar surface area (TPSA) is 41.9 Å². The molecule has 23 heavy (non-hydrogen) atoms. The second-order valence-corrected chi connectivity index (χ2v) is 8.42. The molecule has 4 nitrogen and oxygen atoms in total. The Bertz CT molecular complexity index is 667. The van der Waals surface area contributed by atoms with Gasteiger partial charge in [0.2, 0.25) is 0 Å². The first-order valence-corrected chi connectivity index (χ1v) is 9.38. The van der Waals surface area contributed by atoms with Crippen LogP contribution in [-0.2, 0) is 18.5 Å². The molecule has 0 aromatic carbocycles. The van der Waals surface area contributed by atoms with E-state index < -0.39 is 0 Å². The lowest BCUT2D eigenvalue weighted by Crippen LogP contribution is -2.38. The van der Waals surface area contributed by atoms with Crippen LogP contribution in [0, 0.1) is 0 Å². The molecule has 1 atom stereocenters. The summed E-state index contributed by atoms with van der Waals surface area (Å²) < 4.78 is 2.16. The Morgan fingerprint density at radius 1 is 1.48 bits per heavy atom. The Hall–Kier alpha value is -1.40. The molecule has 0 saturated heterocycles. The fraction of sp³-hybridized carbons (Fsp3) is 0.529. The third-order valence-electron chi connectivity index (χ3n) is 4.13. The first-order chi connectivity index (χ1) is 10.9. The Balaban J connectivity index is 1.66. The van der Waals surface area contributed by atoms with Crippen molar-refractivity contribution in [2.24, 2.45) is 0 Å². The summed E-state index contributed by atoms with van der Waals surface area (Å²) in [5.74, 6) is 0. The summed E-state index contributed by atoms with van der Waals surface area (Å²) in [7, 11) is 0. The zero-order chi connectivity index (χ0) is 16.4. The molecule has 0 spiro atoms. The molecule has 0 radical (unpaired) electrons. The van der Waals surface area contributed by atoms with Gasteiger partial charge in [-0.25, -0.2) is 0 Å². The molecule has 0 unspecified atom stereocenters. The van der Waals surface area contributed by atoms with Gasteiger partial charge in [-0.05, 0) is 63.7 Å². The van der Waals surface area contributed by atoms with Crippen LogP contribution < -0.4 is 10.6 Å². The fourth-order valence-corrected chi connectivity index (χ4v) is 3.93. The molecule has 2 heterocycles. The third-order valence-corrected chi connectivity index (χ3v) is 5.27. The quantitative estimate of drug-likeness (QED) is 0.829. The smallest absolute Gasteiger partial charge is 0.167 e. The minimum Gasteiger partial charge on any atom is -0.358 e. The lowest BCUT2D eigenvalue weighted by Gasteiger charge is -2.28. The van der Waals surface area contributed by atoms with Crippen molar-refractivity contribution < 1.29 is 0 Å². The van der Waals surface area contributed by atoms with Crippen molar-refractivity contribution in [2.45, 2.75) is 58.2 Å². The molecule has 0 saturated carbocycles. The van der Waals surface area contributed by atoms with Crippen LogP contribution in [-0.4, -0.2) is 14.9 Å². The maximum absolute atomic E-state index is 5.47. The maximum atomic E-state index is 5.47. The lowest BCUT2D eigenvalue weighted by molar-refractivity contribution is 0.336. The Morgan fingerprint density at radius 2 is 2.30 bits per heavy atom. The molecular formula is C17H24N4S2. The molecule has 0 bridgehead atoms. The molecule has 2 aromatic heterocycles. The molecule has 2 aromatic rings. The van der Waals surface area contributed by atoms with E-state index in [1.165, 1.54) is 22.6 Å². The zero-order valence-electron chi connectivity index (χ0n) is 13.9. The predicted octanol–water partition coefficient (Wildman–Crippen LogP) is 3.74. The van der Waals surface area contributed by atoms with Crippen LogP contribution in [0.15, 0.2) is 23.7 Å². The SMILES string of the molecule is CC(C)(C)n1ncc2c1CCC[C@@H]2NC(=S)NCc1cccs1. The van der Waals surface area contributed by atoms with Gasteiger partial charge in [-0.2, -0.15) is 5.10 Å². The Labute approximate surface area is 147 Å². The van der Waals surface area contributed by atoms with E-state index in [4.69, 9.17) is 12.2 Å². The predicted molar refractivity (Wildman–Crippen MR) is 99.8 cm³/mol. The van der Waals surface area contributed by atoms with Gasteiger partial charge >= 0.3 is 0 Å². The summed E-state index contributed by atoms with van der Waals surface area (Å²) in [6.07, 6.45) is 5.38. The van der Waals surface area contributed by atoms with Crippen LogP contribution in [0.3, 0.4) is 0 Å². The number of thiocarbonyl (C=S) groups is 1. The number of hydrogen-bond acceptors (Lipinski definition) is 3. The van der Waals surface area contributed by atoms with Gasteiger partial charge in [0, 0.05) is 16.1 Å². The largest absolute Gasteiger partial charge is 0.358 e. The number of thiophene rings is 1. The van der Waals surface area contributed by atoms with Crippen LogP contribution in [0.1, 0.15) is 55.8 Å². The maximum Gasteiger partial charge on any atom is 0.167 e. The molecule has 0 aliphatic heterocycles. The second kappa shape index (κ2) is 6.61. The van der Waals surface area contributed by atoms with E-state index in [1.807, 2.05) is 6.20 Å². The number of hydrogen-bond donors (Lipinski definition) is 2. The minimum atomic E-state index is 0.0212. The summed E-state index contributed by atoms with van der Waals surface area (Å²) >= 11 is 7.21. The number of nitrogens with one attached hydrogen (secondary N) is 2. The third kappa shape index (κ3) is 3.75.